The molecule has 0 aromatic heterocycles. The van der Waals surface area contributed by atoms with Gasteiger partial charge in [0.25, 0.3) is 0 Å². The van der Waals surface area contributed by atoms with E-state index < -0.39 is 0 Å². The van der Waals surface area contributed by atoms with Crippen LogP contribution in [0.4, 0.5) is 0 Å². The first-order chi connectivity index (χ1) is 5.38. The van der Waals surface area contributed by atoms with E-state index in [0.717, 1.165) is 12.5 Å². The van der Waals surface area contributed by atoms with Crippen LogP contribution in [0.1, 0.15) is 32.1 Å². The Hall–Kier alpha value is -0.530. The van der Waals surface area contributed by atoms with Crippen molar-refractivity contribution in [1.29, 1.82) is 0 Å². The summed E-state index contributed by atoms with van der Waals surface area (Å²) in [4.78, 5) is 11.0. The van der Waals surface area contributed by atoms with Crippen LogP contribution < -0.4 is 5.32 Å². The SMILES string of the molecule is O=C1NCC1C1CCCCC1. The van der Waals surface area contributed by atoms with Crippen LogP contribution in [-0.4, -0.2) is 12.5 Å². The van der Waals surface area contributed by atoms with Gasteiger partial charge >= 0.3 is 0 Å². The molecule has 1 N–H and O–H groups in total. The Bertz CT molecular complexity index is 161. The number of carbonyl (C=O) groups excluding carboxylic acids is 1. The second kappa shape index (κ2) is 2.84. The van der Waals surface area contributed by atoms with Gasteiger partial charge in [-0.2, -0.15) is 0 Å². The molecule has 1 atom stereocenters. The molecule has 2 nitrogen and oxygen atoms in total. The molecule has 1 heterocycles. The van der Waals surface area contributed by atoms with Crippen LogP contribution in [-0.2, 0) is 4.79 Å². The molecular weight excluding hydrogens is 138 g/mol. The van der Waals surface area contributed by atoms with Gasteiger partial charge in [-0.3, -0.25) is 4.79 Å². The summed E-state index contributed by atoms with van der Waals surface area (Å²) in [5.74, 6) is 1.41. The van der Waals surface area contributed by atoms with Crippen LogP contribution in [0, 0.1) is 11.8 Å². The summed E-state index contributed by atoms with van der Waals surface area (Å²) in [7, 11) is 0. The van der Waals surface area contributed by atoms with Crippen molar-refractivity contribution in [1.82, 2.24) is 5.32 Å². The molecule has 2 rings (SSSR count). The predicted molar refractivity (Wildman–Crippen MR) is 43.1 cm³/mol. The van der Waals surface area contributed by atoms with Gasteiger partial charge in [-0.25, -0.2) is 0 Å². The molecule has 1 amide bonds. The maximum Gasteiger partial charge on any atom is 0.225 e. The van der Waals surface area contributed by atoms with Crippen molar-refractivity contribution in [3.8, 4) is 0 Å². The van der Waals surface area contributed by atoms with Gasteiger partial charge in [0.05, 0.1) is 5.92 Å². The predicted octanol–water partition coefficient (Wildman–Crippen LogP) is 1.31. The van der Waals surface area contributed by atoms with Crippen molar-refractivity contribution < 1.29 is 4.79 Å². The Kier molecular flexibility index (Phi) is 1.84. The summed E-state index contributed by atoms with van der Waals surface area (Å²) in [6, 6.07) is 0. The second-order valence-electron chi connectivity index (χ2n) is 3.75. The Morgan fingerprint density at radius 2 is 1.91 bits per heavy atom. The van der Waals surface area contributed by atoms with Crippen LogP contribution >= 0.6 is 0 Å². The molecule has 0 spiro atoms. The summed E-state index contributed by atoms with van der Waals surface area (Å²) in [6.45, 7) is 0.948. The number of carbonyl (C=O) groups is 1. The molecule has 0 radical (unpaired) electrons. The van der Waals surface area contributed by atoms with Crippen molar-refractivity contribution in [3.63, 3.8) is 0 Å². The second-order valence-corrected chi connectivity index (χ2v) is 3.75. The lowest BCUT2D eigenvalue weighted by molar-refractivity contribution is -0.134. The zero-order valence-electron chi connectivity index (χ0n) is 6.81. The third-order valence-corrected chi connectivity index (χ3v) is 3.05. The number of rotatable bonds is 1. The average Bonchev–Trinajstić information content (AvgIpc) is 2.04. The molecule has 11 heavy (non-hydrogen) atoms. The van der Waals surface area contributed by atoms with Crippen LogP contribution in [0.3, 0.4) is 0 Å². The fraction of sp³-hybridized carbons (Fsp3) is 0.889. The highest BCUT2D eigenvalue weighted by atomic mass is 16.2. The van der Waals surface area contributed by atoms with E-state index >= 15 is 0 Å². The number of β-lactam (4-membered cyclic amide) rings is 1. The number of hydrogen-bond acceptors (Lipinski definition) is 1. The van der Waals surface area contributed by atoms with E-state index in [1.807, 2.05) is 0 Å². The summed E-state index contributed by atoms with van der Waals surface area (Å²) >= 11 is 0. The smallest absolute Gasteiger partial charge is 0.225 e. The normalized spacial score (nSPS) is 32.7. The summed E-state index contributed by atoms with van der Waals surface area (Å²) in [6.07, 6.45) is 6.64. The lowest BCUT2D eigenvalue weighted by Crippen LogP contribution is -2.52. The molecule has 0 aromatic carbocycles. The minimum atomic E-state index is 0.303. The Morgan fingerprint density at radius 1 is 1.18 bits per heavy atom. The summed E-state index contributed by atoms with van der Waals surface area (Å²) in [5, 5.41) is 2.82. The molecule has 62 valence electrons. The molecule has 2 aliphatic rings. The molecule has 0 aromatic rings. The quantitative estimate of drug-likeness (QED) is 0.565. The maximum atomic E-state index is 11.0. The lowest BCUT2D eigenvalue weighted by atomic mass is 9.77. The van der Waals surface area contributed by atoms with Crippen molar-refractivity contribution >= 4 is 5.91 Å². The van der Waals surface area contributed by atoms with Crippen LogP contribution in [0.2, 0.25) is 0 Å². The van der Waals surface area contributed by atoms with E-state index in [4.69, 9.17) is 0 Å². The largest absolute Gasteiger partial charge is 0.355 e. The lowest BCUT2D eigenvalue weighted by Gasteiger charge is -2.35. The number of amides is 1. The van der Waals surface area contributed by atoms with Gasteiger partial charge in [0.1, 0.15) is 0 Å². The van der Waals surface area contributed by atoms with Crippen LogP contribution in [0.5, 0.6) is 0 Å². The molecule has 1 saturated carbocycles. The van der Waals surface area contributed by atoms with Crippen molar-refractivity contribution in [2.24, 2.45) is 11.8 Å². The Labute approximate surface area is 67.4 Å². The maximum absolute atomic E-state index is 11.0. The molecular formula is C9H15NO. The highest BCUT2D eigenvalue weighted by molar-refractivity contribution is 5.84. The van der Waals surface area contributed by atoms with E-state index in [1.54, 1.807) is 0 Å². The van der Waals surface area contributed by atoms with Gasteiger partial charge in [-0.05, 0) is 18.8 Å². The first-order valence-corrected chi connectivity index (χ1v) is 4.65. The van der Waals surface area contributed by atoms with Gasteiger partial charge in [0.2, 0.25) is 5.91 Å². The van der Waals surface area contributed by atoms with Crippen LogP contribution in [0.15, 0.2) is 0 Å². The minimum Gasteiger partial charge on any atom is -0.355 e. The van der Waals surface area contributed by atoms with Gasteiger partial charge in [0, 0.05) is 6.54 Å². The monoisotopic (exact) mass is 153 g/mol. The fourth-order valence-electron chi connectivity index (χ4n) is 2.22. The van der Waals surface area contributed by atoms with Gasteiger partial charge < -0.3 is 5.32 Å². The van der Waals surface area contributed by atoms with Crippen molar-refractivity contribution in [3.05, 3.63) is 0 Å². The minimum absolute atomic E-state index is 0.303. The van der Waals surface area contributed by atoms with Crippen molar-refractivity contribution in [2.75, 3.05) is 6.54 Å². The molecule has 2 fully saturated rings. The zero-order chi connectivity index (χ0) is 7.68. The van der Waals surface area contributed by atoms with E-state index in [1.165, 1.54) is 32.1 Å². The number of nitrogens with one attached hydrogen (secondary N) is 1. The first kappa shape index (κ1) is 7.14. The Morgan fingerprint density at radius 3 is 2.36 bits per heavy atom. The highest BCUT2D eigenvalue weighted by Crippen LogP contribution is 2.32. The molecule has 1 aliphatic heterocycles. The fourth-order valence-corrected chi connectivity index (χ4v) is 2.22. The standard InChI is InChI=1S/C9H15NO/c11-9-8(6-10-9)7-4-2-1-3-5-7/h7-8H,1-6H2,(H,10,11). The first-order valence-electron chi connectivity index (χ1n) is 4.65. The van der Waals surface area contributed by atoms with E-state index in [2.05, 4.69) is 5.32 Å². The molecule has 1 saturated heterocycles. The van der Waals surface area contributed by atoms with Gasteiger partial charge in [-0.1, -0.05) is 19.3 Å². The zero-order valence-corrected chi connectivity index (χ0v) is 6.81. The number of hydrogen-bond donors (Lipinski definition) is 1. The molecule has 0 bridgehead atoms. The van der Waals surface area contributed by atoms with Gasteiger partial charge in [0.15, 0.2) is 0 Å². The molecule has 2 heteroatoms. The summed E-state index contributed by atoms with van der Waals surface area (Å²) in [5.41, 5.74) is 0. The Balaban J connectivity index is 1.88. The summed E-state index contributed by atoms with van der Waals surface area (Å²) < 4.78 is 0. The molecule has 1 unspecified atom stereocenters. The third-order valence-electron chi connectivity index (χ3n) is 3.05. The topological polar surface area (TPSA) is 29.1 Å². The molecule has 1 aliphatic carbocycles. The van der Waals surface area contributed by atoms with Crippen molar-refractivity contribution in [2.45, 2.75) is 32.1 Å². The van der Waals surface area contributed by atoms with E-state index in [9.17, 15) is 4.79 Å². The highest BCUT2D eigenvalue weighted by Gasteiger charge is 2.35. The van der Waals surface area contributed by atoms with Gasteiger partial charge in [-0.15, -0.1) is 0 Å². The third kappa shape index (κ3) is 1.26. The van der Waals surface area contributed by atoms with Crippen LogP contribution in [0.25, 0.3) is 0 Å². The van der Waals surface area contributed by atoms with E-state index in [-0.39, 0.29) is 0 Å². The van der Waals surface area contributed by atoms with E-state index in [0.29, 0.717) is 11.8 Å². The average molecular weight is 153 g/mol.